The number of methoxy groups -OCH3 is 1. The fourth-order valence-electron chi connectivity index (χ4n) is 1.98. The number of aliphatic imine (C=N–C) groups is 1. The molecule has 1 aromatic rings. The van der Waals surface area contributed by atoms with Crippen LogP contribution in [0, 0.1) is 13.8 Å². The number of rotatable bonds is 8. The standard InChI is InChI=1S/C14H27N5O.HI/c1-12-11-13(2)19(18-12)9-5-7-16-14(15-3)17-8-6-10-20-4;/h11H,5-10H2,1-4H3,(H2,15,16,17);1H. The third-order valence-corrected chi connectivity index (χ3v) is 2.98. The quantitative estimate of drug-likeness (QED) is 0.297. The van der Waals surface area contributed by atoms with Crippen LogP contribution in [0.3, 0.4) is 0 Å². The van der Waals surface area contributed by atoms with E-state index in [1.165, 1.54) is 5.69 Å². The van der Waals surface area contributed by atoms with E-state index in [1.807, 2.05) is 11.6 Å². The highest BCUT2D eigenvalue weighted by atomic mass is 127. The molecule has 1 heterocycles. The molecule has 0 amide bonds. The van der Waals surface area contributed by atoms with Gasteiger partial charge in [-0.2, -0.15) is 5.10 Å². The Hall–Kier alpha value is -0.830. The lowest BCUT2D eigenvalue weighted by atomic mass is 10.4. The van der Waals surface area contributed by atoms with Gasteiger partial charge in [-0.15, -0.1) is 24.0 Å². The Kier molecular flexibility index (Phi) is 11.3. The Morgan fingerprint density at radius 1 is 1.29 bits per heavy atom. The number of nitrogens with one attached hydrogen (secondary N) is 2. The lowest BCUT2D eigenvalue weighted by Gasteiger charge is -2.12. The van der Waals surface area contributed by atoms with Crippen LogP contribution in [0.2, 0.25) is 0 Å². The fraction of sp³-hybridized carbons (Fsp3) is 0.714. The molecule has 0 saturated heterocycles. The molecule has 0 bridgehead atoms. The van der Waals surface area contributed by atoms with E-state index in [0.29, 0.717) is 0 Å². The van der Waals surface area contributed by atoms with Gasteiger partial charge < -0.3 is 15.4 Å². The minimum absolute atomic E-state index is 0. The molecule has 6 nitrogen and oxygen atoms in total. The fourth-order valence-corrected chi connectivity index (χ4v) is 1.98. The van der Waals surface area contributed by atoms with Crippen LogP contribution in [0.1, 0.15) is 24.2 Å². The molecule has 0 fully saturated rings. The van der Waals surface area contributed by atoms with Crippen molar-refractivity contribution in [1.29, 1.82) is 0 Å². The summed E-state index contributed by atoms with van der Waals surface area (Å²) in [6.45, 7) is 7.54. The first kappa shape index (κ1) is 20.2. The number of hydrogen-bond donors (Lipinski definition) is 2. The highest BCUT2D eigenvalue weighted by Crippen LogP contribution is 2.02. The molecule has 7 heteroatoms. The summed E-state index contributed by atoms with van der Waals surface area (Å²) in [5.41, 5.74) is 2.29. The van der Waals surface area contributed by atoms with Crippen LogP contribution in [0.15, 0.2) is 11.1 Å². The van der Waals surface area contributed by atoms with E-state index in [2.05, 4.69) is 33.7 Å². The largest absolute Gasteiger partial charge is 0.385 e. The molecule has 0 radical (unpaired) electrons. The first-order valence-corrected chi connectivity index (χ1v) is 7.12. The van der Waals surface area contributed by atoms with Crippen LogP contribution in [0.4, 0.5) is 0 Å². The molecule has 0 aromatic carbocycles. The molecule has 0 unspecified atom stereocenters. The Morgan fingerprint density at radius 2 is 1.95 bits per heavy atom. The maximum Gasteiger partial charge on any atom is 0.190 e. The molecular formula is C14H28IN5O. The molecule has 1 aromatic heterocycles. The Labute approximate surface area is 144 Å². The number of nitrogens with zero attached hydrogens (tertiary/aromatic N) is 3. The molecule has 1 rings (SSSR count). The lowest BCUT2D eigenvalue weighted by Crippen LogP contribution is -2.38. The van der Waals surface area contributed by atoms with Crippen molar-refractivity contribution >= 4 is 29.9 Å². The number of aromatic nitrogens is 2. The molecule has 0 atom stereocenters. The van der Waals surface area contributed by atoms with Crippen molar-refractivity contribution in [1.82, 2.24) is 20.4 Å². The normalized spacial score (nSPS) is 11.1. The first-order valence-electron chi connectivity index (χ1n) is 7.12. The van der Waals surface area contributed by atoms with Gasteiger partial charge in [0.1, 0.15) is 0 Å². The third kappa shape index (κ3) is 8.25. The van der Waals surface area contributed by atoms with Gasteiger partial charge >= 0.3 is 0 Å². The van der Waals surface area contributed by atoms with Gasteiger partial charge in [0.2, 0.25) is 0 Å². The average Bonchev–Trinajstić information content (AvgIpc) is 2.75. The second-order valence-corrected chi connectivity index (χ2v) is 4.78. The number of aryl methyl sites for hydroxylation is 3. The van der Waals surface area contributed by atoms with Gasteiger partial charge in [-0.25, -0.2) is 0 Å². The summed E-state index contributed by atoms with van der Waals surface area (Å²) in [5, 5.41) is 11.0. The summed E-state index contributed by atoms with van der Waals surface area (Å²) in [4.78, 5) is 4.18. The van der Waals surface area contributed by atoms with E-state index >= 15 is 0 Å². The van der Waals surface area contributed by atoms with E-state index in [9.17, 15) is 0 Å². The number of guanidine groups is 1. The molecule has 0 saturated carbocycles. The van der Waals surface area contributed by atoms with E-state index in [-0.39, 0.29) is 24.0 Å². The molecule has 21 heavy (non-hydrogen) atoms. The van der Waals surface area contributed by atoms with Crippen molar-refractivity contribution < 1.29 is 4.74 Å². The zero-order valence-electron chi connectivity index (χ0n) is 13.5. The Morgan fingerprint density at radius 3 is 2.48 bits per heavy atom. The minimum Gasteiger partial charge on any atom is -0.385 e. The average molecular weight is 409 g/mol. The SMILES string of the molecule is CN=C(NCCCOC)NCCCn1nc(C)cc1C.I. The second-order valence-electron chi connectivity index (χ2n) is 4.78. The van der Waals surface area contributed by atoms with Crippen LogP contribution >= 0.6 is 24.0 Å². The zero-order valence-corrected chi connectivity index (χ0v) is 15.8. The number of ether oxygens (including phenoxy) is 1. The number of halogens is 1. The first-order chi connectivity index (χ1) is 9.67. The maximum absolute atomic E-state index is 5.01. The molecule has 0 aliphatic carbocycles. The van der Waals surface area contributed by atoms with Crippen LogP contribution in [-0.4, -0.2) is 49.6 Å². The van der Waals surface area contributed by atoms with Crippen molar-refractivity contribution in [3.8, 4) is 0 Å². The van der Waals surface area contributed by atoms with Gasteiger partial charge in [-0.1, -0.05) is 0 Å². The highest BCUT2D eigenvalue weighted by molar-refractivity contribution is 14.0. The van der Waals surface area contributed by atoms with E-state index in [4.69, 9.17) is 4.74 Å². The molecule has 122 valence electrons. The minimum atomic E-state index is 0. The lowest BCUT2D eigenvalue weighted by molar-refractivity contribution is 0.195. The Balaban J connectivity index is 0.00000400. The predicted octanol–water partition coefficient (Wildman–Crippen LogP) is 1.71. The topological polar surface area (TPSA) is 63.5 Å². The summed E-state index contributed by atoms with van der Waals surface area (Å²) >= 11 is 0. The summed E-state index contributed by atoms with van der Waals surface area (Å²) in [6.07, 6.45) is 1.99. The van der Waals surface area contributed by atoms with Gasteiger partial charge in [0.25, 0.3) is 0 Å². The highest BCUT2D eigenvalue weighted by Gasteiger charge is 2.01. The predicted molar refractivity (Wildman–Crippen MR) is 97.6 cm³/mol. The van der Waals surface area contributed by atoms with Crippen LogP contribution in [-0.2, 0) is 11.3 Å². The Bertz CT molecular complexity index is 419. The maximum atomic E-state index is 5.01. The summed E-state index contributed by atoms with van der Waals surface area (Å²) < 4.78 is 7.06. The van der Waals surface area contributed by atoms with Crippen LogP contribution < -0.4 is 10.6 Å². The van der Waals surface area contributed by atoms with Gasteiger partial charge in [-0.3, -0.25) is 9.67 Å². The molecule has 0 aliphatic heterocycles. The molecule has 2 N–H and O–H groups in total. The van der Waals surface area contributed by atoms with Crippen LogP contribution in [0.5, 0.6) is 0 Å². The zero-order chi connectivity index (χ0) is 14.8. The van der Waals surface area contributed by atoms with E-state index in [1.54, 1.807) is 14.2 Å². The van der Waals surface area contributed by atoms with Crippen molar-refractivity contribution in [2.45, 2.75) is 33.2 Å². The van der Waals surface area contributed by atoms with Crippen molar-refractivity contribution in [3.05, 3.63) is 17.5 Å². The van der Waals surface area contributed by atoms with Gasteiger partial charge in [0.15, 0.2) is 5.96 Å². The molecular weight excluding hydrogens is 381 g/mol. The summed E-state index contributed by atoms with van der Waals surface area (Å²) in [6, 6.07) is 2.10. The summed E-state index contributed by atoms with van der Waals surface area (Å²) in [5.74, 6) is 0.842. The van der Waals surface area contributed by atoms with E-state index in [0.717, 1.165) is 50.7 Å². The number of hydrogen-bond acceptors (Lipinski definition) is 3. The smallest absolute Gasteiger partial charge is 0.190 e. The second kappa shape index (κ2) is 11.8. The molecule has 0 spiro atoms. The van der Waals surface area contributed by atoms with Crippen molar-refractivity contribution in [3.63, 3.8) is 0 Å². The molecule has 0 aliphatic rings. The monoisotopic (exact) mass is 409 g/mol. The third-order valence-electron chi connectivity index (χ3n) is 2.98. The van der Waals surface area contributed by atoms with Gasteiger partial charge in [-0.05, 0) is 32.8 Å². The van der Waals surface area contributed by atoms with E-state index < -0.39 is 0 Å². The van der Waals surface area contributed by atoms with Crippen molar-refractivity contribution in [2.75, 3.05) is 33.9 Å². The van der Waals surface area contributed by atoms with Crippen molar-refractivity contribution in [2.24, 2.45) is 4.99 Å². The van der Waals surface area contributed by atoms with Gasteiger partial charge in [0.05, 0.1) is 5.69 Å². The van der Waals surface area contributed by atoms with Crippen LogP contribution in [0.25, 0.3) is 0 Å². The van der Waals surface area contributed by atoms with Gasteiger partial charge in [0, 0.05) is 46.1 Å². The summed E-state index contributed by atoms with van der Waals surface area (Å²) in [7, 11) is 3.50.